The fraction of sp³-hybridized carbons (Fsp3) is 0.615. The van der Waals surface area contributed by atoms with E-state index in [2.05, 4.69) is 35.1 Å². The predicted molar refractivity (Wildman–Crippen MR) is 72.7 cm³/mol. The fourth-order valence-electron chi connectivity index (χ4n) is 1.71. The zero-order valence-corrected chi connectivity index (χ0v) is 11.2. The molecule has 0 aromatic carbocycles. The quantitative estimate of drug-likeness (QED) is 0.789. The second-order valence-corrected chi connectivity index (χ2v) is 4.51. The van der Waals surface area contributed by atoms with E-state index in [-0.39, 0.29) is 0 Å². The number of methoxy groups -OCH3 is 1. The van der Waals surface area contributed by atoms with Crippen LogP contribution in [0.15, 0.2) is 18.5 Å². The molecule has 1 aromatic rings. The van der Waals surface area contributed by atoms with Gasteiger partial charge < -0.3 is 15.0 Å². The normalized spacial score (nSPS) is 10.6. The third-order valence-corrected chi connectivity index (χ3v) is 2.53. The zero-order chi connectivity index (χ0) is 12.7. The molecule has 0 aliphatic carbocycles. The molecular weight excluding hydrogens is 214 g/mol. The van der Waals surface area contributed by atoms with Crippen LogP contribution >= 0.6 is 0 Å². The molecule has 0 aliphatic heterocycles. The molecule has 0 radical (unpaired) electrons. The summed E-state index contributed by atoms with van der Waals surface area (Å²) < 4.78 is 5.15. The Hall–Kier alpha value is -1.29. The molecule has 96 valence electrons. The summed E-state index contributed by atoms with van der Waals surface area (Å²) in [6, 6.07) is 2.12. The van der Waals surface area contributed by atoms with Gasteiger partial charge in [0.15, 0.2) is 0 Å². The van der Waals surface area contributed by atoms with Gasteiger partial charge in [-0.3, -0.25) is 4.98 Å². The van der Waals surface area contributed by atoms with Crippen LogP contribution in [0.2, 0.25) is 0 Å². The second kappa shape index (κ2) is 7.12. The molecule has 0 unspecified atom stereocenters. The van der Waals surface area contributed by atoms with Crippen LogP contribution in [0.4, 0.5) is 11.4 Å². The number of rotatable bonds is 7. The van der Waals surface area contributed by atoms with E-state index < -0.39 is 0 Å². The number of nitrogens with zero attached hydrogens (tertiary/aromatic N) is 2. The molecule has 0 bridgehead atoms. The first kappa shape index (κ1) is 13.8. The Labute approximate surface area is 104 Å². The minimum Gasteiger partial charge on any atom is -0.387 e. The molecule has 0 atom stereocenters. The van der Waals surface area contributed by atoms with E-state index in [1.807, 2.05) is 19.4 Å². The summed E-state index contributed by atoms with van der Waals surface area (Å²) in [5.74, 6) is 0.616. The van der Waals surface area contributed by atoms with Crippen LogP contribution in [0, 0.1) is 5.92 Å². The summed E-state index contributed by atoms with van der Waals surface area (Å²) in [6.45, 7) is 7.07. The molecule has 0 spiro atoms. The number of anilines is 2. The Morgan fingerprint density at radius 2 is 2.18 bits per heavy atom. The first-order valence-corrected chi connectivity index (χ1v) is 6.04. The van der Waals surface area contributed by atoms with Crippen LogP contribution in [0.1, 0.15) is 13.8 Å². The molecule has 1 rings (SSSR count). The fourth-order valence-corrected chi connectivity index (χ4v) is 1.71. The highest BCUT2D eigenvalue weighted by atomic mass is 16.5. The van der Waals surface area contributed by atoms with Crippen molar-refractivity contribution in [1.29, 1.82) is 0 Å². The summed E-state index contributed by atoms with van der Waals surface area (Å²) in [6.07, 6.45) is 3.73. The molecule has 17 heavy (non-hydrogen) atoms. The zero-order valence-electron chi connectivity index (χ0n) is 11.2. The lowest BCUT2D eigenvalue weighted by Gasteiger charge is -2.26. The molecule has 1 N–H and O–H groups in total. The number of hydrogen-bond donors (Lipinski definition) is 1. The van der Waals surface area contributed by atoms with Crippen molar-refractivity contribution in [1.82, 2.24) is 4.98 Å². The van der Waals surface area contributed by atoms with E-state index in [1.54, 1.807) is 7.11 Å². The van der Waals surface area contributed by atoms with Crippen molar-refractivity contribution < 1.29 is 4.74 Å². The Kier molecular flexibility index (Phi) is 5.77. The van der Waals surface area contributed by atoms with Crippen LogP contribution in [0.3, 0.4) is 0 Å². The molecular formula is C13H23N3O. The van der Waals surface area contributed by atoms with E-state index in [0.717, 1.165) is 31.1 Å². The number of ether oxygens (including phenoxy) is 1. The molecule has 1 aromatic heterocycles. The van der Waals surface area contributed by atoms with Crippen molar-refractivity contribution >= 4 is 11.4 Å². The topological polar surface area (TPSA) is 37.4 Å². The monoisotopic (exact) mass is 237 g/mol. The van der Waals surface area contributed by atoms with Crippen LogP contribution < -0.4 is 10.2 Å². The molecule has 0 saturated heterocycles. The highest BCUT2D eigenvalue weighted by Crippen LogP contribution is 2.18. The smallest absolute Gasteiger partial charge is 0.0637 e. The Bertz CT molecular complexity index is 328. The van der Waals surface area contributed by atoms with Crippen molar-refractivity contribution in [2.24, 2.45) is 5.92 Å². The average molecular weight is 237 g/mol. The summed E-state index contributed by atoms with van der Waals surface area (Å²) in [5, 5.41) is 3.11. The van der Waals surface area contributed by atoms with E-state index in [9.17, 15) is 0 Å². The first-order valence-electron chi connectivity index (χ1n) is 6.04. The van der Waals surface area contributed by atoms with Gasteiger partial charge >= 0.3 is 0 Å². The summed E-state index contributed by atoms with van der Waals surface area (Å²) in [4.78, 5) is 6.55. The van der Waals surface area contributed by atoms with E-state index in [1.165, 1.54) is 0 Å². The average Bonchev–Trinajstić information content (AvgIpc) is 2.34. The van der Waals surface area contributed by atoms with Gasteiger partial charge in [-0.05, 0) is 12.0 Å². The van der Waals surface area contributed by atoms with E-state index in [4.69, 9.17) is 4.74 Å². The van der Waals surface area contributed by atoms with Crippen LogP contribution in [-0.4, -0.2) is 38.8 Å². The van der Waals surface area contributed by atoms with Gasteiger partial charge in [-0.25, -0.2) is 0 Å². The van der Waals surface area contributed by atoms with Crippen LogP contribution in [-0.2, 0) is 4.74 Å². The highest BCUT2D eigenvalue weighted by Gasteiger charge is 2.09. The van der Waals surface area contributed by atoms with Gasteiger partial charge in [0.1, 0.15) is 0 Å². The van der Waals surface area contributed by atoms with Crippen molar-refractivity contribution in [3.8, 4) is 0 Å². The maximum atomic E-state index is 5.15. The molecule has 0 amide bonds. The van der Waals surface area contributed by atoms with Gasteiger partial charge in [0, 0.05) is 27.2 Å². The predicted octanol–water partition coefficient (Wildman–Crippen LogP) is 2.23. The van der Waals surface area contributed by atoms with Gasteiger partial charge in [0.25, 0.3) is 0 Å². The summed E-state index contributed by atoms with van der Waals surface area (Å²) in [7, 11) is 3.64. The summed E-state index contributed by atoms with van der Waals surface area (Å²) in [5.41, 5.74) is 2.18. The molecule has 1 heterocycles. The molecule has 0 fully saturated rings. The van der Waals surface area contributed by atoms with Gasteiger partial charge in [-0.1, -0.05) is 13.8 Å². The SMILES string of the molecule is CNc1cncc(N(CCOC)CC(C)C)c1. The molecule has 4 heteroatoms. The molecule has 0 aliphatic rings. The van der Waals surface area contributed by atoms with E-state index >= 15 is 0 Å². The van der Waals surface area contributed by atoms with Crippen molar-refractivity contribution in [2.75, 3.05) is 44.1 Å². The minimum absolute atomic E-state index is 0.616. The largest absolute Gasteiger partial charge is 0.387 e. The lowest BCUT2D eigenvalue weighted by atomic mass is 10.2. The van der Waals surface area contributed by atoms with Gasteiger partial charge in [0.2, 0.25) is 0 Å². The standard InChI is InChI=1S/C13H23N3O/c1-11(2)10-16(5-6-17-4)13-7-12(14-3)8-15-9-13/h7-9,11,14H,5-6,10H2,1-4H3. The lowest BCUT2D eigenvalue weighted by molar-refractivity contribution is 0.204. The van der Waals surface area contributed by atoms with Crippen molar-refractivity contribution in [3.63, 3.8) is 0 Å². The number of hydrogen-bond acceptors (Lipinski definition) is 4. The van der Waals surface area contributed by atoms with Crippen molar-refractivity contribution in [3.05, 3.63) is 18.5 Å². The number of pyridine rings is 1. The maximum Gasteiger partial charge on any atom is 0.0637 e. The highest BCUT2D eigenvalue weighted by molar-refractivity contribution is 5.55. The Balaban J connectivity index is 2.78. The molecule has 4 nitrogen and oxygen atoms in total. The Morgan fingerprint density at radius 3 is 2.76 bits per heavy atom. The molecule has 0 saturated carbocycles. The minimum atomic E-state index is 0.616. The number of nitrogens with one attached hydrogen (secondary N) is 1. The lowest BCUT2D eigenvalue weighted by Crippen LogP contribution is -2.31. The van der Waals surface area contributed by atoms with Gasteiger partial charge in [-0.2, -0.15) is 0 Å². The first-order chi connectivity index (χ1) is 8.17. The third-order valence-electron chi connectivity index (χ3n) is 2.53. The second-order valence-electron chi connectivity index (χ2n) is 4.51. The Morgan fingerprint density at radius 1 is 1.41 bits per heavy atom. The maximum absolute atomic E-state index is 5.15. The number of aromatic nitrogens is 1. The van der Waals surface area contributed by atoms with Crippen molar-refractivity contribution in [2.45, 2.75) is 13.8 Å². The van der Waals surface area contributed by atoms with E-state index in [0.29, 0.717) is 5.92 Å². The van der Waals surface area contributed by atoms with Crippen LogP contribution in [0.5, 0.6) is 0 Å². The van der Waals surface area contributed by atoms with Gasteiger partial charge in [0.05, 0.1) is 30.4 Å². The third kappa shape index (κ3) is 4.61. The summed E-state index contributed by atoms with van der Waals surface area (Å²) >= 11 is 0. The van der Waals surface area contributed by atoms with Gasteiger partial charge in [-0.15, -0.1) is 0 Å². The van der Waals surface area contributed by atoms with Crippen LogP contribution in [0.25, 0.3) is 0 Å².